The standard InChI is InChI=1S/C29H36Cl2FN3O3/c1-28(2,3)14-22-29(19-12-7-15(30)13-21(19)34-27(29)38)23(18-5-4-6-20(31)24(18)32)25(35-22)26(37)33-16-8-10-17(36)11-9-16/h4,6-7,12-13,16-18,22-23,25,35-36H,5,8-11,14H2,1-3H3,(H,33,37)(H,34,38)/t16?,17?,18?,22-,23-,25?,29+/m0/s1. The molecule has 2 aliphatic heterocycles. The largest absolute Gasteiger partial charge is 0.393 e. The van der Waals surface area contributed by atoms with Gasteiger partial charge < -0.3 is 21.1 Å². The molecule has 4 aliphatic rings. The third-order valence-electron chi connectivity index (χ3n) is 8.65. The van der Waals surface area contributed by atoms with Crippen molar-refractivity contribution >= 4 is 40.7 Å². The number of aliphatic hydroxyl groups excluding tert-OH is 1. The van der Waals surface area contributed by atoms with Gasteiger partial charge in [0, 0.05) is 34.6 Å². The maximum Gasteiger partial charge on any atom is 0.237 e. The summed E-state index contributed by atoms with van der Waals surface area (Å²) in [4.78, 5) is 28.1. The molecule has 6 nitrogen and oxygen atoms in total. The van der Waals surface area contributed by atoms with Gasteiger partial charge in [0.05, 0.1) is 22.6 Å². The van der Waals surface area contributed by atoms with E-state index in [1.165, 1.54) is 0 Å². The zero-order valence-corrected chi connectivity index (χ0v) is 23.5. The molecule has 5 atom stereocenters. The number of amides is 2. The van der Waals surface area contributed by atoms with Gasteiger partial charge >= 0.3 is 0 Å². The third-order valence-corrected chi connectivity index (χ3v) is 9.19. The van der Waals surface area contributed by atoms with E-state index in [4.69, 9.17) is 23.2 Å². The Kier molecular flexibility index (Phi) is 7.44. The van der Waals surface area contributed by atoms with Crippen LogP contribution in [0.25, 0.3) is 0 Å². The van der Waals surface area contributed by atoms with Crippen LogP contribution in [0.4, 0.5) is 10.1 Å². The molecule has 2 heterocycles. The molecule has 9 heteroatoms. The number of hydrogen-bond acceptors (Lipinski definition) is 4. The van der Waals surface area contributed by atoms with Crippen molar-refractivity contribution in [2.24, 2.45) is 17.3 Å². The van der Waals surface area contributed by atoms with Gasteiger partial charge in [-0.2, -0.15) is 0 Å². The topological polar surface area (TPSA) is 90.5 Å². The van der Waals surface area contributed by atoms with Gasteiger partial charge in [0.2, 0.25) is 11.8 Å². The van der Waals surface area contributed by atoms with E-state index >= 15 is 4.39 Å². The van der Waals surface area contributed by atoms with Crippen molar-refractivity contribution in [3.8, 4) is 0 Å². The molecule has 2 aliphatic carbocycles. The Hall–Kier alpha value is -1.93. The first-order chi connectivity index (χ1) is 17.9. The van der Waals surface area contributed by atoms with Crippen LogP contribution in [0.1, 0.15) is 64.9 Å². The van der Waals surface area contributed by atoms with Crippen molar-refractivity contribution in [2.45, 2.75) is 88.9 Å². The van der Waals surface area contributed by atoms with Crippen LogP contribution < -0.4 is 16.0 Å². The number of nitrogens with one attached hydrogen (secondary N) is 3. The fourth-order valence-electron chi connectivity index (χ4n) is 7.07. The van der Waals surface area contributed by atoms with Crippen LogP contribution >= 0.6 is 23.2 Å². The van der Waals surface area contributed by atoms with Crippen molar-refractivity contribution in [3.05, 3.63) is 51.8 Å². The minimum atomic E-state index is -1.21. The first-order valence-electron chi connectivity index (χ1n) is 13.5. The lowest BCUT2D eigenvalue weighted by Crippen LogP contribution is -2.53. The first kappa shape index (κ1) is 27.6. The molecule has 0 bridgehead atoms. The Labute approximate surface area is 233 Å². The van der Waals surface area contributed by atoms with Gasteiger partial charge in [-0.25, -0.2) is 4.39 Å². The summed E-state index contributed by atoms with van der Waals surface area (Å²) >= 11 is 12.6. The average Bonchev–Trinajstić information content (AvgIpc) is 3.31. The second kappa shape index (κ2) is 10.2. The molecule has 0 radical (unpaired) electrons. The van der Waals surface area contributed by atoms with Crippen molar-refractivity contribution in [1.82, 2.24) is 10.6 Å². The van der Waals surface area contributed by atoms with E-state index in [0.717, 1.165) is 5.56 Å². The highest BCUT2D eigenvalue weighted by molar-refractivity contribution is 6.31. The zero-order chi connectivity index (χ0) is 27.4. The van der Waals surface area contributed by atoms with Gasteiger partial charge in [-0.1, -0.05) is 56.1 Å². The van der Waals surface area contributed by atoms with Gasteiger partial charge in [-0.15, -0.1) is 0 Å². The predicted molar refractivity (Wildman–Crippen MR) is 148 cm³/mol. The lowest BCUT2D eigenvalue weighted by Gasteiger charge is -2.41. The minimum absolute atomic E-state index is 0.00540. The molecule has 1 aromatic carbocycles. The van der Waals surface area contributed by atoms with Gasteiger partial charge in [-0.3, -0.25) is 9.59 Å². The van der Waals surface area contributed by atoms with E-state index < -0.39 is 35.2 Å². The van der Waals surface area contributed by atoms with Crippen molar-refractivity contribution in [2.75, 3.05) is 5.32 Å². The van der Waals surface area contributed by atoms with Crippen molar-refractivity contribution < 1.29 is 19.1 Å². The van der Waals surface area contributed by atoms with Crippen LogP contribution in [-0.2, 0) is 15.0 Å². The summed E-state index contributed by atoms with van der Waals surface area (Å²) in [6.45, 7) is 6.28. The Bertz CT molecular complexity index is 1190. The van der Waals surface area contributed by atoms with Gasteiger partial charge in [0.25, 0.3) is 0 Å². The van der Waals surface area contributed by atoms with Crippen molar-refractivity contribution in [1.29, 1.82) is 0 Å². The van der Waals surface area contributed by atoms with E-state index in [2.05, 4.69) is 36.7 Å². The molecule has 1 saturated carbocycles. The average molecular weight is 565 g/mol. The third kappa shape index (κ3) is 4.80. The van der Waals surface area contributed by atoms with E-state index in [1.807, 2.05) is 12.1 Å². The monoisotopic (exact) mass is 563 g/mol. The lowest BCUT2D eigenvalue weighted by molar-refractivity contribution is -0.127. The maximum atomic E-state index is 15.9. The molecule has 2 unspecified atom stereocenters. The highest BCUT2D eigenvalue weighted by Gasteiger charge is 2.67. The van der Waals surface area contributed by atoms with Crippen LogP contribution in [0.3, 0.4) is 0 Å². The molecule has 5 rings (SSSR count). The number of benzene rings is 1. The fourth-order valence-corrected chi connectivity index (χ4v) is 7.47. The van der Waals surface area contributed by atoms with E-state index in [9.17, 15) is 14.7 Å². The molecule has 1 spiro atoms. The first-order valence-corrected chi connectivity index (χ1v) is 14.2. The molecule has 38 heavy (non-hydrogen) atoms. The molecule has 0 aromatic heterocycles. The summed E-state index contributed by atoms with van der Waals surface area (Å²) in [6.07, 6.45) is 6.52. The number of anilines is 1. The quantitative estimate of drug-likeness (QED) is 0.398. The lowest BCUT2D eigenvalue weighted by atomic mass is 9.60. The number of hydrogen-bond donors (Lipinski definition) is 4. The molecule has 1 saturated heterocycles. The fraction of sp³-hybridized carbons (Fsp3) is 0.586. The van der Waals surface area contributed by atoms with Crippen LogP contribution in [-0.4, -0.2) is 41.2 Å². The van der Waals surface area contributed by atoms with E-state index in [-0.39, 0.29) is 34.4 Å². The number of fused-ring (bicyclic) bond motifs is 2. The summed E-state index contributed by atoms with van der Waals surface area (Å²) in [7, 11) is 0. The smallest absolute Gasteiger partial charge is 0.237 e. The highest BCUT2D eigenvalue weighted by atomic mass is 35.5. The number of halogens is 3. The molecule has 2 fully saturated rings. The highest BCUT2D eigenvalue weighted by Crippen LogP contribution is 2.57. The summed E-state index contributed by atoms with van der Waals surface area (Å²) in [5.41, 5.74) is -0.0679. The van der Waals surface area contributed by atoms with Crippen LogP contribution in [0.5, 0.6) is 0 Å². The van der Waals surface area contributed by atoms with E-state index in [0.29, 0.717) is 49.2 Å². The zero-order valence-electron chi connectivity index (χ0n) is 22.0. The predicted octanol–water partition coefficient (Wildman–Crippen LogP) is 5.34. The van der Waals surface area contributed by atoms with Crippen LogP contribution in [0.15, 0.2) is 41.2 Å². The van der Waals surface area contributed by atoms with E-state index in [1.54, 1.807) is 18.2 Å². The maximum absolute atomic E-state index is 15.9. The number of carbonyl (C=O) groups excluding carboxylic acids is 2. The number of carbonyl (C=O) groups is 2. The Morgan fingerprint density at radius 1 is 1.21 bits per heavy atom. The Morgan fingerprint density at radius 2 is 1.92 bits per heavy atom. The summed E-state index contributed by atoms with van der Waals surface area (Å²) in [6, 6.07) is 3.96. The summed E-state index contributed by atoms with van der Waals surface area (Å²) in [5, 5.41) is 20.1. The second-order valence-corrected chi connectivity index (χ2v) is 13.3. The molecule has 2 amide bonds. The van der Waals surface area contributed by atoms with Gasteiger partial charge in [-0.05, 0) is 67.7 Å². The summed E-state index contributed by atoms with van der Waals surface area (Å²) in [5.74, 6) is -2.49. The molecule has 206 valence electrons. The Balaban J connectivity index is 1.63. The molecular weight excluding hydrogens is 528 g/mol. The summed E-state index contributed by atoms with van der Waals surface area (Å²) < 4.78 is 15.9. The van der Waals surface area contributed by atoms with Gasteiger partial charge in [0.1, 0.15) is 5.83 Å². The molecule has 1 aromatic rings. The number of allylic oxidation sites excluding steroid dienone is 4. The molecular formula is C29H36Cl2FN3O3. The number of aliphatic hydroxyl groups is 1. The van der Waals surface area contributed by atoms with Gasteiger partial charge in [0.15, 0.2) is 0 Å². The van der Waals surface area contributed by atoms with Crippen LogP contribution in [0, 0.1) is 17.3 Å². The van der Waals surface area contributed by atoms with Crippen molar-refractivity contribution in [3.63, 3.8) is 0 Å². The molecule has 4 N–H and O–H groups in total. The minimum Gasteiger partial charge on any atom is -0.393 e. The number of rotatable bonds is 4. The SMILES string of the molecule is CC(C)(C)C[C@@H]1NC(C(=O)NC2CCC(O)CC2)[C@H](C2CC=CC(Cl)=C2F)[C@]12C(=O)Nc1cc(Cl)ccc12. The Morgan fingerprint density at radius 3 is 2.61 bits per heavy atom. The second-order valence-electron chi connectivity index (χ2n) is 12.5. The normalized spacial score (nSPS) is 35.0. The van der Waals surface area contributed by atoms with Crippen LogP contribution in [0.2, 0.25) is 5.02 Å².